The summed E-state index contributed by atoms with van der Waals surface area (Å²) in [7, 11) is 0. The van der Waals surface area contributed by atoms with Crippen LogP contribution >= 0.6 is 0 Å². The second-order valence-electron chi connectivity index (χ2n) is 7.58. The molecule has 146 valence electrons. The van der Waals surface area contributed by atoms with Gasteiger partial charge in [0.1, 0.15) is 5.69 Å². The second-order valence-corrected chi connectivity index (χ2v) is 7.58. The van der Waals surface area contributed by atoms with Crippen LogP contribution in [0.3, 0.4) is 0 Å². The van der Waals surface area contributed by atoms with Gasteiger partial charge in [0.2, 0.25) is 5.82 Å². The lowest BCUT2D eigenvalue weighted by molar-refractivity contribution is 0.0298. The highest BCUT2D eigenvalue weighted by Gasteiger charge is 2.34. The molecule has 0 bridgehead atoms. The maximum absolute atomic E-state index is 13.4. The molecule has 0 unspecified atom stereocenters. The number of carbonyl (C=O) groups excluding carboxylic acids is 2. The molecule has 0 saturated carbocycles. The fraction of sp³-hybridized carbons (Fsp3) is 0.476. The molecule has 0 spiro atoms. The summed E-state index contributed by atoms with van der Waals surface area (Å²) in [6, 6.07) is 8.01. The minimum Gasteiger partial charge on any atom is -0.378 e. The van der Waals surface area contributed by atoms with Crippen LogP contribution in [0.15, 0.2) is 24.3 Å². The average molecular weight is 380 g/mol. The minimum absolute atomic E-state index is 0.0742. The summed E-state index contributed by atoms with van der Waals surface area (Å²) in [6.45, 7) is 3.67. The lowest BCUT2D eigenvalue weighted by atomic mass is 10.1. The van der Waals surface area contributed by atoms with Crippen LogP contribution in [-0.4, -0.2) is 59.1 Å². The third-order valence-corrected chi connectivity index (χ3v) is 5.94. The van der Waals surface area contributed by atoms with Crippen LogP contribution in [0, 0.1) is 0 Å². The van der Waals surface area contributed by atoms with Gasteiger partial charge in [-0.05, 0) is 37.3 Å². The Morgan fingerprint density at radius 1 is 0.929 bits per heavy atom. The first-order chi connectivity index (χ1) is 13.7. The number of hydrogen-bond acceptors (Lipinski definition) is 4. The van der Waals surface area contributed by atoms with E-state index < -0.39 is 0 Å². The monoisotopic (exact) mass is 380 g/mol. The predicted molar refractivity (Wildman–Crippen MR) is 104 cm³/mol. The first-order valence-corrected chi connectivity index (χ1v) is 10.1. The number of para-hydroxylation sites is 1. The molecule has 0 aliphatic carbocycles. The van der Waals surface area contributed by atoms with Crippen LogP contribution in [0.5, 0.6) is 0 Å². The van der Waals surface area contributed by atoms with Crippen molar-refractivity contribution in [3.63, 3.8) is 0 Å². The van der Waals surface area contributed by atoms with Crippen molar-refractivity contribution in [2.75, 3.05) is 37.7 Å². The Morgan fingerprint density at radius 3 is 2.61 bits per heavy atom. The minimum atomic E-state index is -0.103. The van der Waals surface area contributed by atoms with E-state index in [1.165, 1.54) is 5.56 Å². The first kappa shape index (κ1) is 17.4. The molecule has 1 aromatic heterocycles. The van der Waals surface area contributed by atoms with Crippen molar-refractivity contribution in [2.45, 2.75) is 32.2 Å². The Bertz CT molecular complexity index is 930. The van der Waals surface area contributed by atoms with Crippen LogP contribution in [0.25, 0.3) is 0 Å². The third kappa shape index (κ3) is 2.81. The van der Waals surface area contributed by atoms with E-state index >= 15 is 0 Å². The number of nitrogens with zero attached hydrogens (tertiary/aromatic N) is 4. The molecule has 0 atom stereocenters. The van der Waals surface area contributed by atoms with Crippen LogP contribution in [0.1, 0.15) is 45.2 Å². The van der Waals surface area contributed by atoms with Gasteiger partial charge in [0.15, 0.2) is 0 Å². The first-order valence-electron chi connectivity index (χ1n) is 10.1. The summed E-state index contributed by atoms with van der Waals surface area (Å²) in [6.07, 6.45) is 3.68. The molecule has 1 saturated heterocycles. The number of amides is 2. The number of hydrogen-bond donors (Lipinski definition) is 0. The van der Waals surface area contributed by atoms with Gasteiger partial charge in [0.25, 0.3) is 11.8 Å². The summed E-state index contributed by atoms with van der Waals surface area (Å²) in [5.41, 5.74) is 3.52. The van der Waals surface area contributed by atoms with Crippen LogP contribution in [0.2, 0.25) is 0 Å². The molecule has 28 heavy (non-hydrogen) atoms. The lowest BCUT2D eigenvalue weighted by Crippen LogP contribution is -2.41. The molecule has 2 aromatic rings. The molecule has 3 aliphatic heterocycles. The van der Waals surface area contributed by atoms with Gasteiger partial charge in [-0.25, -0.2) is 4.98 Å². The van der Waals surface area contributed by atoms with Gasteiger partial charge >= 0.3 is 0 Å². The molecule has 5 rings (SSSR count). The van der Waals surface area contributed by atoms with Crippen molar-refractivity contribution in [3.8, 4) is 0 Å². The number of ether oxygens (including phenoxy) is 1. The van der Waals surface area contributed by atoms with Crippen molar-refractivity contribution in [2.24, 2.45) is 0 Å². The van der Waals surface area contributed by atoms with E-state index in [1.807, 2.05) is 27.7 Å². The topological polar surface area (TPSA) is 67.7 Å². The van der Waals surface area contributed by atoms with Crippen molar-refractivity contribution in [1.29, 1.82) is 0 Å². The Kier molecular flexibility index (Phi) is 4.39. The van der Waals surface area contributed by atoms with E-state index in [0.29, 0.717) is 44.4 Å². The smallest absolute Gasteiger partial charge is 0.294 e. The van der Waals surface area contributed by atoms with Crippen molar-refractivity contribution >= 4 is 17.5 Å². The molecule has 2 amide bonds. The van der Waals surface area contributed by atoms with E-state index in [9.17, 15) is 9.59 Å². The molecule has 7 nitrogen and oxygen atoms in total. The summed E-state index contributed by atoms with van der Waals surface area (Å²) in [4.78, 5) is 34.7. The van der Waals surface area contributed by atoms with Gasteiger partial charge in [-0.1, -0.05) is 18.2 Å². The molecular formula is C21H24N4O3. The van der Waals surface area contributed by atoms with Crippen LogP contribution in [0.4, 0.5) is 5.69 Å². The zero-order valence-corrected chi connectivity index (χ0v) is 15.9. The number of rotatable bonds is 2. The molecule has 7 heteroatoms. The zero-order chi connectivity index (χ0) is 19.1. The molecule has 0 radical (unpaired) electrons. The highest BCUT2D eigenvalue weighted by Crippen LogP contribution is 2.30. The maximum atomic E-state index is 13.4. The van der Waals surface area contributed by atoms with Gasteiger partial charge in [-0.2, -0.15) is 0 Å². The second kappa shape index (κ2) is 7.05. The molecule has 1 aromatic carbocycles. The van der Waals surface area contributed by atoms with Gasteiger partial charge in [0, 0.05) is 31.9 Å². The summed E-state index contributed by atoms with van der Waals surface area (Å²) in [5.74, 6) is 0.229. The highest BCUT2D eigenvalue weighted by molar-refractivity contribution is 6.06. The number of aromatic nitrogens is 2. The average Bonchev–Trinajstić information content (AvgIpc) is 3.35. The number of benzene rings is 1. The zero-order valence-electron chi connectivity index (χ0n) is 15.9. The van der Waals surface area contributed by atoms with Gasteiger partial charge in [0.05, 0.1) is 18.9 Å². The van der Waals surface area contributed by atoms with Crippen molar-refractivity contribution in [1.82, 2.24) is 14.5 Å². The lowest BCUT2D eigenvalue weighted by Gasteiger charge is -2.26. The quantitative estimate of drug-likeness (QED) is 0.798. The largest absolute Gasteiger partial charge is 0.378 e. The molecule has 4 heterocycles. The van der Waals surface area contributed by atoms with Gasteiger partial charge < -0.3 is 19.1 Å². The highest BCUT2D eigenvalue weighted by atomic mass is 16.5. The number of anilines is 1. The van der Waals surface area contributed by atoms with E-state index in [2.05, 4.69) is 11.1 Å². The van der Waals surface area contributed by atoms with Crippen LogP contribution < -0.4 is 4.90 Å². The Morgan fingerprint density at radius 2 is 1.75 bits per heavy atom. The summed E-state index contributed by atoms with van der Waals surface area (Å²) < 4.78 is 7.35. The Labute approximate surface area is 163 Å². The number of carbonyl (C=O) groups is 2. The molecule has 1 fully saturated rings. The number of fused-ring (bicyclic) bond motifs is 2. The van der Waals surface area contributed by atoms with Crippen molar-refractivity contribution in [3.05, 3.63) is 47.0 Å². The van der Waals surface area contributed by atoms with E-state index in [-0.39, 0.29) is 11.8 Å². The summed E-state index contributed by atoms with van der Waals surface area (Å²) >= 11 is 0. The Balaban J connectivity index is 1.51. The standard InChI is InChI=1S/C21H24N4O3/c26-20(23-11-13-28-14-12-23)18-17-7-3-4-9-24(17)19(22-18)21(27)25-10-8-15-5-1-2-6-16(15)25/h1-2,5-6H,3-4,7-14H2. The van der Waals surface area contributed by atoms with E-state index in [4.69, 9.17) is 4.74 Å². The molecular weight excluding hydrogens is 356 g/mol. The van der Waals surface area contributed by atoms with Crippen LogP contribution in [-0.2, 0) is 24.1 Å². The van der Waals surface area contributed by atoms with Crippen molar-refractivity contribution < 1.29 is 14.3 Å². The molecule has 0 N–H and O–H groups in total. The van der Waals surface area contributed by atoms with Gasteiger partial charge in [-0.15, -0.1) is 0 Å². The number of morpholine rings is 1. The SMILES string of the molecule is O=C(c1nc(C(=O)N2CCc3ccccc32)n2c1CCCC2)N1CCOCC1. The van der Waals surface area contributed by atoms with E-state index in [1.54, 1.807) is 4.90 Å². The number of imidazole rings is 1. The fourth-order valence-electron chi connectivity index (χ4n) is 4.46. The fourth-order valence-corrected chi connectivity index (χ4v) is 4.46. The third-order valence-electron chi connectivity index (χ3n) is 5.94. The normalized spacial score (nSPS) is 18.7. The molecule has 3 aliphatic rings. The van der Waals surface area contributed by atoms with E-state index in [0.717, 1.165) is 43.6 Å². The maximum Gasteiger partial charge on any atom is 0.294 e. The Hall–Kier alpha value is -2.67. The predicted octanol–water partition coefficient (Wildman–Crippen LogP) is 1.89. The van der Waals surface area contributed by atoms with Gasteiger partial charge in [-0.3, -0.25) is 9.59 Å². The summed E-state index contributed by atoms with van der Waals surface area (Å²) in [5, 5.41) is 0.